The fraction of sp³-hybridized carbons (Fsp3) is 0. The van der Waals surface area contributed by atoms with Crippen molar-refractivity contribution in [3.63, 3.8) is 0 Å². The van der Waals surface area contributed by atoms with Crippen molar-refractivity contribution in [3.8, 4) is 11.1 Å². The topological polar surface area (TPSA) is 50.2 Å². The van der Waals surface area contributed by atoms with Crippen LogP contribution in [0.15, 0.2) is 48.7 Å². The quantitative estimate of drug-likeness (QED) is 0.730. The molecule has 104 valence electrons. The van der Waals surface area contributed by atoms with Gasteiger partial charge in [-0.2, -0.15) is 0 Å². The molecule has 0 spiro atoms. The molecule has 0 radical (unpaired) electrons. The number of hydrogen-bond acceptors (Lipinski definition) is 2. The Kier molecular flexibility index (Phi) is 3.53. The molecule has 21 heavy (non-hydrogen) atoms. The van der Waals surface area contributed by atoms with E-state index in [9.17, 15) is 4.79 Å². The highest BCUT2D eigenvalue weighted by molar-refractivity contribution is 6.39. The fourth-order valence-corrected chi connectivity index (χ4v) is 2.85. The van der Waals surface area contributed by atoms with Crippen LogP contribution in [0.3, 0.4) is 0 Å². The summed E-state index contributed by atoms with van der Waals surface area (Å²) in [4.78, 5) is 15.4. The van der Waals surface area contributed by atoms with Gasteiger partial charge >= 0.3 is 5.97 Å². The number of rotatable bonds is 2. The number of benzene rings is 2. The first kappa shape index (κ1) is 13.9. The van der Waals surface area contributed by atoms with Crippen LogP contribution < -0.4 is 0 Å². The molecule has 3 aromatic rings. The third-order valence-electron chi connectivity index (χ3n) is 3.22. The Morgan fingerprint density at radius 3 is 2.43 bits per heavy atom. The molecule has 0 aliphatic heterocycles. The lowest BCUT2D eigenvalue weighted by Crippen LogP contribution is -1.96. The van der Waals surface area contributed by atoms with E-state index in [1.165, 1.54) is 6.07 Å². The van der Waals surface area contributed by atoms with Gasteiger partial charge in [-0.05, 0) is 42.0 Å². The number of nitrogens with zero attached hydrogens (tertiary/aromatic N) is 1. The molecule has 0 saturated heterocycles. The van der Waals surface area contributed by atoms with Gasteiger partial charge in [-0.15, -0.1) is 0 Å². The molecule has 1 aromatic heterocycles. The van der Waals surface area contributed by atoms with Crippen molar-refractivity contribution in [2.24, 2.45) is 0 Å². The van der Waals surface area contributed by atoms with Crippen molar-refractivity contribution in [3.05, 3.63) is 64.3 Å². The van der Waals surface area contributed by atoms with Crippen LogP contribution in [0.4, 0.5) is 0 Å². The van der Waals surface area contributed by atoms with Gasteiger partial charge in [0.15, 0.2) is 0 Å². The van der Waals surface area contributed by atoms with Crippen molar-refractivity contribution in [1.29, 1.82) is 0 Å². The van der Waals surface area contributed by atoms with Gasteiger partial charge in [-0.1, -0.05) is 29.3 Å². The third kappa shape index (κ3) is 2.46. The molecule has 1 N–H and O–H groups in total. The van der Waals surface area contributed by atoms with Crippen LogP contribution in [0.25, 0.3) is 22.0 Å². The molecule has 0 unspecified atom stereocenters. The zero-order valence-corrected chi connectivity index (χ0v) is 12.2. The van der Waals surface area contributed by atoms with Crippen LogP contribution in [0.5, 0.6) is 0 Å². The maximum Gasteiger partial charge on any atom is 0.335 e. The molecule has 0 saturated carbocycles. The molecule has 0 aliphatic rings. The van der Waals surface area contributed by atoms with Crippen LogP contribution >= 0.6 is 23.2 Å². The second-order valence-corrected chi connectivity index (χ2v) is 5.31. The summed E-state index contributed by atoms with van der Waals surface area (Å²) in [5.41, 5.74) is 2.32. The van der Waals surface area contributed by atoms with E-state index in [0.29, 0.717) is 26.5 Å². The number of carboxylic acid groups (broad SMARTS) is 1. The van der Waals surface area contributed by atoms with Gasteiger partial charge in [0.25, 0.3) is 0 Å². The number of aromatic nitrogens is 1. The van der Waals surface area contributed by atoms with Gasteiger partial charge in [0.2, 0.25) is 0 Å². The molecule has 0 amide bonds. The van der Waals surface area contributed by atoms with Gasteiger partial charge in [0.05, 0.1) is 11.1 Å². The highest BCUT2D eigenvalue weighted by Crippen LogP contribution is 2.38. The molecule has 1 heterocycles. The zero-order valence-electron chi connectivity index (χ0n) is 10.7. The number of carbonyl (C=O) groups is 1. The summed E-state index contributed by atoms with van der Waals surface area (Å²) in [6.45, 7) is 0. The Bertz CT molecular complexity index is 842. The first-order chi connectivity index (χ1) is 10.1. The van der Waals surface area contributed by atoms with Crippen LogP contribution in [-0.4, -0.2) is 16.1 Å². The Morgan fingerprint density at radius 2 is 1.76 bits per heavy atom. The SMILES string of the molecule is O=C(O)c1ccc2nccc(-c3c(Cl)cccc3Cl)c2c1. The smallest absolute Gasteiger partial charge is 0.335 e. The van der Waals surface area contributed by atoms with Crippen molar-refractivity contribution in [2.45, 2.75) is 0 Å². The Labute approximate surface area is 130 Å². The summed E-state index contributed by atoms with van der Waals surface area (Å²) in [6, 6.07) is 11.8. The second kappa shape index (κ2) is 5.35. The van der Waals surface area contributed by atoms with Crippen molar-refractivity contribution < 1.29 is 9.90 Å². The predicted molar refractivity (Wildman–Crippen MR) is 84.2 cm³/mol. The number of hydrogen-bond donors (Lipinski definition) is 1. The average Bonchev–Trinajstić information content (AvgIpc) is 2.46. The fourth-order valence-electron chi connectivity index (χ4n) is 2.25. The third-order valence-corrected chi connectivity index (χ3v) is 3.85. The van der Waals surface area contributed by atoms with E-state index in [-0.39, 0.29) is 5.56 Å². The minimum Gasteiger partial charge on any atom is -0.478 e. The first-order valence-electron chi connectivity index (χ1n) is 6.14. The monoisotopic (exact) mass is 317 g/mol. The van der Waals surface area contributed by atoms with Crippen LogP contribution in [-0.2, 0) is 0 Å². The minimum absolute atomic E-state index is 0.194. The molecule has 3 rings (SSSR count). The highest BCUT2D eigenvalue weighted by atomic mass is 35.5. The second-order valence-electron chi connectivity index (χ2n) is 4.49. The molecule has 2 aromatic carbocycles. The van der Waals surface area contributed by atoms with E-state index in [1.54, 1.807) is 42.6 Å². The normalized spacial score (nSPS) is 10.8. The molecule has 0 bridgehead atoms. The Hall–Kier alpha value is -2.10. The molecule has 5 heteroatoms. The Balaban J connectivity index is 2.37. The lowest BCUT2D eigenvalue weighted by Gasteiger charge is -2.10. The highest BCUT2D eigenvalue weighted by Gasteiger charge is 2.13. The van der Waals surface area contributed by atoms with Gasteiger partial charge in [-0.25, -0.2) is 4.79 Å². The molecular formula is C16H9Cl2NO2. The number of carboxylic acids is 1. The first-order valence-corrected chi connectivity index (χ1v) is 6.90. The summed E-state index contributed by atoms with van der Waals surface area (Å²) in [5.74, 6) is -0.989. The van der Waals surface area contributed by atoms with Crippen molar-refractivity contribution in [1.82, 2.24) is 4.98 Å². The molecule has 0 fully saturated rings. The van der Waals surface area contributed by atoms with E-state index in [2.05, 4.69) is 4.98 Å². The van der Waals surface area contributed by atoms with Crippen LogP contribution in [0, 0.1) is 0 Å². The maximum absolute atomic E-state index is 11.2. The van der Waals surface area contributed by atoms with Crippen molar-refractivity contribution in [2.75, 3.05) is 0 Å². The predicted octanol–water partition coefficient (Wildman–Crippen LogP) is 4.91. The summed E-state index contributed by atoms with van der Waals surface area (Å²) in [6.07, 6.45) is 1.65. The number of pyridine rings is 1. The van der Waals surface area contributed by atoms with Gasteiger partial charge in [0.1, 0.15) is 0 Å². The number of aromatic carboxylic acids is 1. The summed E-state index contributed by atoms with van der Waals surface area (Å²) in [7, 11) is 0. The van der Waals surface area contributed by atoms with E-state index in [0.717, 1.165) is 5.56 Å². The lowest BCUT2D eigenvalue weighted by atomic mass is 9.99. The maximum atomic E-state index is 11.2. The average molecular weight is 318 g/mol. The zero-order chi connectivity index (χ0) is 15.0. The standard InChI is InChI=1S/C16H9Cl2NO2/c17-12-2-1-3-13(18)15(12)10-6-7-19-14-5-4-9(16(20)21)8-11(10)14/h1-8H,(H,20,21). The van der Waals surface area contributed by atoms with Gasteiger partial charge in [-0.3, -0.25) is 4.98 Å². The number of halogens is 2. The number of fused-ring (bicyclic) bond motifs is 1. The van der Waals surface area contributed by atoms with Crippen LogP contribution in [0.2, 0.25) is 10.0 Å². The van der Waals surface area contributed by atoms with E-state index >= 15 is 0 Å². The van der Waals surface area contributed by atoms with E-state index in [4.69, 9.17) is 28.3 Å². The summed E-state index contributed by atoms with van der Waals surface area (Å²) < 4.78 is 0. The summed E-state index contributed by atoms with van der Waals surface area (Å²) >= 11 is 12.5. The minimum atomic E-state index is -0.989. The lowest BCUT2D eigenvalue weighted by molar-refractivity contribution is 0.0697. The van der Waals surface area contributed by atoms with Crippen LogP contribution in [0.1, 0.15) is 10.4 Å². The molecular weight excluding hydrogens is 309 g/mol. The van der Waals surface area contributed by atoms with Crippen molar-refractivity contribution >= 4 is 40.1 Å². The molecule has 3 nitrogen and oxygen atoms in total. The van der Waals surface area contributed by atoms with E-state index in [1.807, 2.05) is 0 Å². The van der Waals surface area contributed by atoms with Gasteiger partial charge < -0.3 is 5.11 Å². The molecule has 0 aliphatic carbocycles. The Morgan fingerprint density at radius 1 is 1.05 bits per heavy atom. The van der Waals surface area contributed by atoms with Gasteiger partial charge in [0, 0.05) is 27.2 Å². The largest absolute Gasteiger partial charge is 0.478 e. The molecule has 0 atom stereocenters. The van der Waals surface area contributed by atoms with E-state index < -0.39 is 5.97 Å². The summed E-state index contributed by atoms with van der Waals surface area (Å²) in [5, 5.41) is 10.9.